The van der Waals surface area contributed by atoms with Crippen molar-refractivity contribution < 1.29 is 0 Å². The molecular weight excluding hydrogens is 171 g/mol. The molecule has 0 saturated carbocycles. The standard InChI is InChI=1S/C8H13As/c1-2-3-4-5-6-7-8-9/h2-6H2,1H3. The Morgan fingerprint density at radius 2 is 2.00 bits per heavy atom. The monoisotopic (exact) mass is 184 g/mol. The molecule has 2 radical (unpaired) electrons. The molecule has 0 aromatic carbocycles. The van der Waals surface area contributed by atoms with E-state index in [1.165, 1.54) is 25.7 Å². The average Bonchev–Trinajstić information content (AvgIpc) is 1.89. The van der Waals surface area contributed by atoms with Crippen molar-refractivity contribution in [3.05, 3.63) is 0 Å². The van der Waals surface area contributed by atoms with E-state index in [-0.39, 0.29) is 0 Å². The molecule has 0 fully saturated rings. The Bertz CT molecular complexity index is 96.9. The van der Waals surface area contributed by atoms with Gasteiger partial charge in [0.2, 0.25) is 0 Å². The molecule has 0 aromatic heterocycles. The van der Waals surface area contributed by atoms with Gasteiger partial charge in [-0.1, -0.05) is 0 Å². The zero-order chi connectivity index (χ0) is 6.95. The van der Waals surface area contributed by atoms with Gasteiger partial charge in [-0.05, 0) is 0 Å². The van der Waals surface area contributed by atoms with E-state index in [1.807, 2.05) is 0 Å². The summed E-state index contributed by atoms with van der Waals surface area (Å²) in [5, 5.41) is 0. The van der Waals surface area contributed by atoms with E-state index in [1.54, 1.807) is 0 Å². The topological polar surface area (TPSA) is 0 Å². The maximum absolute atomic E-state index is 3.03. The average molecular weight is 184 g/mol. The third-order valence-corrected chi connectivity index (χ3v) is 1.57. The zero-order valence-electron chi connectivity index (χ0n) is 5.98. The molecule has 1 heteroatoms. The Morgan fingerprint density at radius 1 is 1.22 bits per heavy atom. The first-order chi connectivity index (χ1) is 4.41. The Kier molecular flexibility index (Phi) is 8.23. The fraction of sp³-hybridized carbons (Fsp3) is 0.750. The quantitative estimate of drug-likeness (QED) is 0.356. The van der Waals surface area contributed by atoms with Crippen LogP contribution in [0.15, 0.2) is 0 Å². The van der Waals surface area contributed by atoms with Crippen LogP contribution in [-0.4, -0.2) is 16.9 Å². The minimum absolute atomic E-state index is 1.08. The molecule has 0 heterocycles. The summed E-state index contributed by atoms with van der Waals surface area (Å²) in [6, 6.07) is 0. The molecule has 0 rings (SSSR count). The first-order valence-corrected chi connectivity index (χ1v) is 4.47. The molecule has 0 atom stereocenters. The third kappa shape index (κ3) is 8.12. The Hall–Kier alpha value is 0.118. The zero-order valence-corrected chi connectivity index (χ0v) is 7.86. The fourth-order valence-electron chi connectivity index (χ4n) is 0.696. The van der Waals surface area contributed by atoms with Crippen LogP contribution in [0, 0.1) is 10.6 Å². The molecular formula is C8H13As. The van der Waals surface area contributed by atoms with Crippen LogP contribution in [0.2, 0.25) is 0 Å². The van der Waals surface area contributed by atoms with E-state index in [0.717, 1.165) is 6.42 Å². The molecule has 0 aliphatic heterocycles. The van der Waals surface area contributed by atoms with Gasteiger partial charge in [-0.25, -0.2) is 0 Å². The molecule has 0 aliphatic carbocycles. The van der Waals surface area contributed by atoms with Crippen LogP contribution in [0.25, 0.3) is 0 Å². The third-order valence-electron chi connectivity index (χ3n) is 1.23. The molecule has 0 bridgehead atoms. The minimum atomic E-state index is 1.08. The van der Waals surface area contributed by atoms with Gasteiger partial charge in [0.05, 0.1) is 0 Å². The fourth-order valence-corrected chi connectivity index (χ4v) is 0.931. The van der Waals surface area contributed by atoms with Crippen molar-refractivity contribution in [2.75, 3.05) is 0 Å². The number of rotatable bonds is 4. The van der Waals surface area contributed by atoms with E-state index in [2.05, 4.69) is 34.4 Å². The first kappa shape index (κ1) is 9.12. The summed E-state index contributed by atoms with van der Waals surface area (Å²) in [7, 11) is 0. The van der Waals surface area contributed by atoms with E-state index in [9.17, 15) is 0 Å². The normalized spacial score (nSPS) is 8.22. The van der Waals surface area contributed by atoms with Crippen molar-refractivity contribution in [3.8, 4) is 10.6 Å². The van der Waals surface area contributed by atoms with Gasteiger partial charge in [0.15, 0.2) is 0 Å². The molecule has 9 heavy (non-hydrogen) atoms. The Balaban J connectivity index is 2.80. The first-order valence-electron chi connectivity index (χ1n) is 3.53. The van der Waals surface area contributed by atoms with Gasteiger partial charge in [0.25, 0.3) is 0 Å². The molecule has 0 N–H and O–H groups in total. The molecule has 0 aliphatic rings. The molecule has 0 unspecified atom stereocenters. The summed E-state index contributed by atoms with van der Waals surface area (Å²) in [4.78, 5) is 0. The van der Waals surface area contributed by atoms with Crippen LogP contribution in [0.4, 0.5) is 0 Å². The summed E-state index contributed by atoms with van der Waals surface area (Å²) in [6.45, 7) is 2.22. The van der Waals surface area contributed by atoms with E-state index in [4.69, 9.17) is 0 Å². The summed E-state index contributed by atoms with van der Waals surface area (Å²) in [5.41, 5.74) is 0. The van der Waals surface area contributed by atoms with Crippen LogP contribution in [0.1, 0.15) is 39.0 Å². The van der Waals surface area contributed by atoms with Crippen molar-refractivity contribution in [1.29, 1.82) is 0 Å². The molecule has 0 spiro atoms. The summed E-state index contributed by atoms with van der Waals surface area (Å²) in [5.74, 6) is 3.03. The number of hydrogen-bond donors (Lipinski definition) is 0. The molecule has 0 saturated heterocycles. The van der Waals surface area contributed by atoms with Crippen LogP contribution in [-0.2, 0) is 0 Å². The second-order valence-corrected chi connectivity index (χ2v) is 2.57. The molecule has 0 aromatic rings. The van der Waals surface area contributed by atoms with Crippen molar-refractivity contribution in [2.24, 2.45) is 0 Å². The van der Waals surface area contributed by atoms with Gasteiger partial charge >= 0.3 is 66.5 Å². The molecule has 50 valence electrons. The van der Waals surface area contributed by atoms with Crippen molar-refractivity contribution >= 4 is 16.9 Å². The van der Waals surface area contributed by atoms with Crippen LogP contribution >= 0.6 is 0 Å². The SMILES string of the molecule is CCCCCCC#C[As]. The molecule has 0 amide bonds. The van der Waals surface area contributed by atoms with Crippen molar-refractivity contribution in [3.63, 3.8) is 0 Å². The van der Waals surface area contributed by atoms with Gasteiger partial charge in [-0.2, -0.15) is 0 Å². The van der Waals surface area contributed by atoms with Gasteiger partial charge < -0.3 is 0 Å². The predicted octanol–water partition coefficient (Wildman–Crippen LogP) is 2.09. The van der Waals surface area contributed by atoms with Gasteiger partial charge in [-0.3, -0.25) is 0 Å². The van der Waals surface area contributed by atoms with Gasteiger partial charge in [0.1, 0.15) is 0 Å². The number of unbranched alkanes of at least 4 members (excludes halogenated alkanes) is 4. The van der Waals surface area contributed by atoms with Crippen LogP contribution in [0.3, 0.4) is 0 Å². The summed E-state index contributed by atoms with van der Waals surface area (Å²) < 4.78 is 2.83. The van der Waals surface area contributed by atoms with Crippen molar-refractivity contribution in [1.82, 2.24) is 0 Å². The van der Waals surface area contributed by atoms with E-state index >= 15 is 0 Å². The second-order valence-electron chi connectivity index (χ2n) is 2.10. The Morgan fingerprint density at radius 3 is 2.56 bits per heavy atom. The van der Waals surface area contributed by atoms with Crippen molar-refractivity contribution in [2.45, 2.75) is 39.0 Å². The molecule has 0 nitrogen and oxygen atoms in total. The van der Waals surface area contributed by atoms with Gasteiger partial charge in [0, 0.05) is 0 Å². The van der Waals surface area contributed by atoms with Crippen LogP contribution < -0.4 is 0 Å². The summed E-state index contributed by atoms with van der Waals surface area (Å²) in [6.07, 6.45) is 6.38. The van der Waals surface area contributed by atoms with Crippen LogP contribution in [0.5, 0.6) is 0 Å². The second kappa shape index (κ2) is 8.12. The summed E-state index contributed by atoms with van der Waals surface area (Å²) >= 11 is 2.29. The predicted molar refractivity (Wildman–Crippen MR) is 42.3 cm³/mol. The Labute approximate surface area is 66.9 Å². The number of hydrogen-bond acceptors (Lipinski definition) is 0. The van der Waals surface area contributed by atoms with Gasteiger partial charge in [-0.15, -0.1) is 0 Å². The maximum atomic E-state index is 3.03. The van der Waals surface area contributed by atoms with E-state index < -0.39 is 0 Å². The van der Waals surface area contributed by atoms with E-state index in [0.29, 0.717) is 0 Å².